The van der Waals surface area contributed by atoms with E-state index >= 15 is 0 Å². The van der Waals surface area contributed by atoms with Crippen molar-refractivity contribution in [2.24, 2.45) is 0 Å². The fourth-order valence-electron chi connectivity index (χ4n) is 1.35. The number of amides is 2. The highest BCUT2D eigenvalue weighted by Crippen LogP contribution is 2.17. The molecule has 2 amide bonds. The molecule has 4 N–H and O–H groups in total. The molecule has 2 heterocycles. The van der Waals surface area contributed by atoms with Gasteiger partial charge in [-0.15, -0.1) is 0 Å². The number of nitrogen functional groups attached to an aromatic ring is 2. The Labute approximate surface area is 107 Å². The van der Waals surface area contributed by atoms with Crippen LogP contribution in [0.2, 0.25) is 0 Å². The Hall–Kier alpha value is -2.03. The van der Waals surface area contributed by atoms with Gasteiger partial charge in [-0.2, -0.15) is 0 Å². The molecule has 1 aromatic rings. The molecule has 2 rings (SSSR count). The highest BCUT2D eigenvalue weighted by atomic mass is 32.2. The number of ether oxygens (including phenoxy) is 1. The minimum Gasteiger partial charge on any atom is -0.447 e. The van der Waals surface area contributed by atoms with Crippen LogP contribution in [0.3, 0.4) is 0 Å². The molecule has 0 unspecified atom stereocenters. The second-order valence-corrected chi connectivity index (χ2v) is 4.39. The molecule has 9 heteroatoms. The van der Waals surface area contributed by atoms with E-state index < -0.39 is 6.09 Å². The van der Waals surface area contributed by atoms with Crippen LogP contribution in [0.1, 0.15) is 0 Å². The molecule has 18 heavy (non-hydrogen) atoms. The maximum atomic E-state index is 11.7. The zero-order valence-corrected chi connectivity index (χ0v) is 10.1. The quantitative estimate of drug-likeness (QED) is 0.566. The van der Waals surface area contributed by atoms with Gasteiger partial charge < -0.3 is 16.2 Å². The van der Waals surface area contributed by atoms with Gasteiger partial charge in [0.15, 0.2) is 5.16 Å². The van der Waals surface area contributed by atoms with E-state index in [9.17, 15) is 9.59 Å². The number of aromatic nitrogens is 2. The van der Waals surface area contributed by atoms with Gasteiger partial charge in [0.25, 0.3) is 0 Å². The summed E-state index contributed by atoms with van der Waals surface area (Å²) in [5, 5.41) is 0.299. The summed E-state index contributed by atoms with van der Waals surface area (Å²) in [6, 6.07) is 1.42. The SMILES string of the molecule is Nc1cc(N)nc(SCC(=O)N2CCOC2=O)n1. The Kier molecular flexibility index (Phi) is 3.51. The van der Waals surface area contributed by atoms with Crippen molar-refractivity contribution in [3.63, 3.8) is 0 Å². The second kappa shape index (κ2) is 5.08. The van der Waals surface area contributed by atoms with Gasteiger partial charge in [0, 0.05) is 6.07 Å². The molecule has 0 radical (unpaired) electrons. The summed E-state index contributed by atoms with van der Waals surface area (Å²) < 4.78 is 4.66. The van der Waals surface area contributed by atoms with Crippen LogP contribution in [0.4, 0.5) is 16.4 Å². The number of carbonyl (C=O) groups excluding carboxylic acids is 2. The highest BCUT2D eigenvalue weighted by Gasteiger charge is 2.28. The fourth-order valence-corrected chi connectivity index (χ4v) is 2.10. The predicted octanol–water partition coefficient (Wildman–Crippen LogP) is -0.288. The number of thioether (sulfide) groups is 1. The third-order valence-corrected chi connectivity index (χ3v) is 2.96. The Morgan fingerprint density at radius 2 is 2.11 bits per heavy atom. The lowest BCUT2D eigenvalue weighted by Gasteiger charge is -2.09. The number of cyclic esters (lactones) is 1. The first-order valence-corrected chi connectivity index (χ1v) is 6.05. The maximum Gasteiger partial charge on any atom is 0.416 e. The zero-order chi connectivity index (χ0) is 13.1. The molecule has 8 nitrogen and oxygen atoms in total. The van der Waals surface area contributed by atoms with Crippen LogP contribution >= 0.6 is 11.8 Å². The van der Waals surface area contributed by atoms with Crippen molar-refractivity contribution in [1.29, 1.82) is 0 Å². The molecular weight excluding hydrogens is 258 g/mol. The number of imide groups is 1. The average Bonchev–Trinajstić information content (AvgIpc) is 2.71. The first kappa shape index (κ1) is 12.4. The van der Waals surface area contributed by atoms with E-state index in [-0.39, 0.29) is 36.4 Å². The number of carbonyl (C=O) groups is 2. The van der Waals surface area contributed by atoms with Gasteiger partial charge >= 0.3 is 6.09 Å². The lowest BCUT2D eigenvalue weighted by molar-refractivity contribution is -0.125. The summed E-state index contributed by atoms with van der Waals surface area (Å²) in [6.45, 7) is 0.509. The lowest BCUT2D eigenvalue weighted by Crippen LogP contribution is -2.33. The molecule has 1 fully saturated rings. The number of hydrogen-bond acceptors (Lipinski definition) is 8. The highest BCUT2D eigenvalue weighted by molar-refractivity contribution is 7.99. The average molecular weight is 269 g/mol. The van der Waals surface area contributed by atoms with Gasteiger partial charge in [0.1, 0.15) is 18.2 Å². The molecule has 1 aromatic heterocycles. The smallest absolute Gasteiger partial charge is 0.416 e. The molecule has 1 saturated heterocycles. The van der Waals surface area contributed by atoms with E-state index in [1.807, 2.05) is 0 Å². The van der Waals surface area contributed by atoms with Crippen LogP contribution in [0, 0.1) is 0 Å². The zero-order valence-electron chi connectivity index (χ0n) is 9.33. The van der Waals surface area contributed by atoms with E-state index in [1.165, 1.54) is 6.07 Å². The van der Waals surface area contributed by atoms with E-state index in [2.05, 4.69) is 14.7 Å². The van der Waals surface area contributed by atoms with Gasteiger partial charge in [-0.3, -0.25) is 4.79 Å². The third-order valence-electron chi connectivity index (χ3n) is 2.13. The Morgan fingerprint density at radius 3 is 2.67 bits per heavy atom. The van der Waals surface area contributed by atoms with Crippen LogP contribution in [0.5, 0.6) is 0 Å². The van der Waals surface area contributed by atoms with Crippen LogP contribution in [0.15, 0.2) is 11.2 Å². The summed E-state index contributed by atoms with van der Waals surface area (Å²) in [6.07, 6.45) is -0.617. The summed E-state index contributed by atoms with van der Waals surface area (Å²) in [7, 11) is 0. The molecular formula is C9H11N5O3S. The topological polar surface area (TPSA) is 124 Å². The molecule has 1 aliphatic heterocycles. The Morgan fingerprint density at radius 1 is 1.44 bits per heavy atom. The van der Waals surface area contributed by atoms with Gasteiger partial charge in [-0.05, 0) is 0 Å². The molecule has 1 aliphatic rings. The Balaban J connectivity index is 1.95. The van der Waals surface area contributed by atoms with Crippen LogP contribution in [-0.2, 0) is 9.53 Å². The van der Waals surface area contributed by atoms with Crippen molar-refractivity contribution in [3.8, 4) is 0 Å². The van der Waals surface area contributed by atoms with Crippen LogP contribution < -0.4 is 11.5 Å². The normalized spacial score (nSPS) is 14.7. The number of nitrogens with zero attached hydrogens (tertiary/aromatic N) is 3. The number of hydrogen-bond donors (Lipinski definition) is 2. The number of nitrogens with two attached hydrogens (primary N) is 2. The standard InChI is InChI=1S/C9H11N5O3S/c10-5-3-6(11)13-8(12-5)18-4-7(15)14-1-2-17-9(14)16/h3H,1-2,4H2,(H4,10,11,12,13). The minimum atomic E-state index is -0.617. The minimum absolute atomic E-state index is 0.0258. The summed E-state index contributed by atoms with van der Waals surface area (Å²) >= 11 is 1.06. The van der Waals surface area contributed by atoms with Crippen molar-refractivity contribution >= 4 is 35.4 Å². The van der Waals surface area contributed by atoms with E-state index in [0.717, 1.165) is 16.7 Å². The molecule has 96 valence electrons. The molecule has 0 spiro atoms. The van der Waals surface area contributed by atoms with Crippen molar-refractivity contribution in [3.05, 3.63) is 6.07 Å². The number of rotatable bonds is 3. The van der Waals surface area contributed by atoms with Crippen LogP contribution in [0.25, 0.3) is 0 Å². The van der Waals surface area contributed by atoms with Gasteiger partial charge in [0.05, 0.1) is 12.3 Å². The maximum absolute atomic E-state index is 11.7. The molecule has 0 atom stereocenters. The molecule has 0 aromatic carbocycles. The molecule has 0 saturated carbocycles. The monoisotopic (exact) mass is 269 g/mol. The summed E-state index contributed by atoms with van der Waals surface area (Å²) in [5.41, 5.74) is 11.0. The number of anilines is 2. The third kappa shape index (κ3) is 2.80. The first-order valence-electron chi connectivity index (χ1n) is 5.06. The van der Waals surface area contributed by atoms with Gasteiger partial charge in [0.2, 0.25) is 5.91 Å². The first-order chi connectivity index (χ1) is 8.56. The molecule has 0 bridgehead atoms. The molecule has 0 aliphatic carbocycles. The fraction of sp³-hybridized carbons (Fsp3) is 0.333. The van der Waals surface area contributed by atoms with Crippen molar-refractivity contribution in [1.82, 2.24) is 14.9 Å². The van der Waals surface area contributed by atoms with Crippen molar-refractivity contribution in [2.75, 3.05) is 30.4 Å². The van der Waals surface area contributed by atoms with E-state index in [4.69, 9.17) is 11.5 Å². The van der Waals surface area contributed by atoms with Crippen LogP contribution in [-0.4, -0.2) is 45.8 Å². The van der Waals surface area contributed by atoms with E-state index in [0.29, 0.717) is 5.16 Å². The summed E-state index contributed by atoms with van der Waals surface area (Å²) in [5.74, 6) is 0.140. The lowest BCUT2D eigenvalue weighted by atomic mass is 10.5. The Bertz CT molecular complexity index is 475. The second-order valence-electron chi connectivity index (χ2n) is 3.45. The largest absolute Gasteiger partial charge is 0.447 e. The van der Waals surface area contributed by atoms with Gasteiger partial charge in [-0.25, -0.2) is 19.7 Å². The van der Waals surface area contributed by atoms with Crippen molar-refractivity contribution < 1.29 is 14.3 Å². The van der Waals surface area contributed by atoms with Crippen molar-refractivity contribution in [2.45, 2.75) is 5.16 Å². The van der Waals surface area contributed by atoms with E-state index in [1.54, 1.807) is 0 Å². The van der Waals surface area contributed by atoms with Gasteiger partial charge in [-0.1, -0.05) is 11.8 Å². The predicted molar refractivity (Wildman–Crippen MR) is 64.6 cm³/mol. The summed E-state index contributed by atoms with van der Waals surface area (Å²) in [4.78, 5) is 31.7.